The second-order valence-corrected chi connectivity index (χ2v) is 4.47. The lowest BCUT2D eigenvalue weighted by atomic mass is 9.97. The van der Waals surface area contributed by atoms with Gasteiger partial charge in [0.2, 0.25) is 0 Å². The van der Waals surface area contributed by atoms with Gasteiger partial charge >= 0.3 is 0 Å². The molecule has 1 aromatic carbocycles. The third-order valence-electron chi connectivity index (χ3n) is 3.08. The predicted octanol–water partition coefficient (Wildman–Crippen LogP) is 3.16. The number of fused-ring (bicyclic) bond motifs is 1. The van der Waals surface area contributed by atoms with Gasteiger partial charge in [-0.3, -0.25) is 0 Å². The lowest BCUT2D eigenvalue weighted by Crippen LogP contribution is -2.35. The summed E-state index contributed by atoms with van der Waals surface area (Å²) in [6.07, 6.45) is 2.55. The van der Waals surface area contributed by atoms with Crippen molar-refractivity contribution in [2.24, 2.45) is 0 Å². The van der Waals surface area contributed by atoms with Crippen molar-refractivity contribution < 1.29 is 0 Å². The standard InChI is InChI=1S/C13H19N/c1-10(2)14-9-5-8-12-7-4-6-11(3)13(12)14/h4,6-7,10H,5,8-9H2,1-3H3. The summed E-state index contributed by atoms with van der Waals surface area (Å²) in [7, 11) is 0. The number of rotatable bonds is 1. The fourth-order valence-electron chi connectivity index (χ4n) is 2.40. The van der Waals surface area contributed by atoms with E-state index in [1.165, 1.54) is 36.2 Å². The molecule has 2 rings (SSSR count). The molecule has 0 aliphatic carbocycles. The molecule has 76 valence electrons. The van der Waals surface area contributed by atoms with Gasteiger partial charge in [-0.25, -0.2) is 0 Å². The molecule has 0 saturated carbocycles. The van der Waals surface area contributed by atoms with E-state index in [1.807, 2.05) is 0 Å². The van der Waals surface area contributed by atoms with Gasteiger partial charge in [-0.2, -0.15) is 0 Å². The summed E-state index contributed by atoms with van der Waals surface area (Å²) < 4.78 is 0. The molecule has 1 heteroatoms. The number of hydrogen-bond acceptors (Lipinski definition) is 1. The molecule has 0 N–H and O–H groups in total. The fraction of sp³-hybridized carbons (Fsp3) is 0.538. The molecule has 0 radical (unpaired) electrons. The average molecular weight is 189 g/mol. The molecule has 0 spiro atoms. The van der Waals surface area contributed by atoms with Crippen LogP contribution in [0.2, 0.25) is 0 Å². The number of nitrogens with zero attached hydrogens (tertiary/aromatic N) is 1. The van der Waals surface area contributed by atoms with Crippen LogP contribution in [0.3, 0.4) is 0 Å². The van der Waals surface area contributed by atoms with Gasteiger partial charge in [-0.1, -0.05) is 18.2 Å². The van der Waals surface area contributed by atoms with Crippen LogP contribution < -0.4 is 4.90 Å². The fourth-order valence-corrected chi connectivity index (χ4v) is 2.40. The first-order valence-corrected chi connectivity index (χ1v) is 5.55. The van der Waals surface area contributed by atoms with Crippen molar-refractivity contribution in [3.8, 4) is 0 Å². The van der Waals surface area contributed by atoms with Crippen LogP contribution in [0.5, 0.6) is 0 Å². The SMILES string of the molecule is Cc1cccc2c1N(C(C)C)CCC2. The number of anilines is 1. The Kier molecular flexibility index (Phi) is 2.49. The predicted molar refractivity (Wildman–Crippen MR) is 62.0 cm³/mol. The highest BCUT2D eigenvalue weighted by Gasteiger charge is 2.19. The van der Waals surface area contributed by atoms with Crippen LogP contribution in [0.15, 0.2) is 18.2 Å². The van der Waals surface area contributed by atoms with Gasteiger partial charge < -0.3 is 4.90 Å². The van der Waals surface area contributed by atoms with Gasteiger partial charge in [0.05, 0.1) is 0 Å². The second-order valence-electron chi connectivity index (χ2n) is 4.47. The molecule has 0 aromatic heterocycles. The van der Waals surface area contributed by atoms with Crippen LogP contribution in [0.25, 0.3) is 0 Å². The van der Waals surface area contributed by atoms with Gasteiger partial charge in [-0.15, -0.1) is 0 Å². The minimum atomic E-state index is 0.621. The lowest BCUT2D eigenvalue weighted by Gasteiger charge is -2.36. The van der Waals surface area contributed by atoms with Crippen LogP contribution in [0.1, 0.15) is 31.4 Å². The maximum Gasteiger partial charge on any atom is 0.0430 e. The van der Waals surface area contributed by atoms with E-state index in [4.69, 9.17) is 0 Å². The van der Waals surface area contributed by atoms with Crippen molar-refractivity contribution in [3.63, 3.8) is 0 Å². The maximum atomic E-state index is 2.54. The van der Waals surface area contributed by atoms with Crippen molar-refractivity contribution >= 4 is 5.69 Å². The van der Waals surface area contributed by atoms with E-state index in [1.54, 1.807) is 0 Å². The molecule has 14 heavy (non-hydrogen) atoms. The molecule has 0 unspecified atom stereocenters. The Bertz CT molecular complexity index is 328. The highest BCUT2D eigenvalue weighted by atomic mass is 15.2. The van der Waals surface area contributed by atoms with E-state index >= 15 is 0 Å². The Morgan fingerprint density at radius 3 is 2.79 bits per heavy atom. The van der Waals surface area contributed by atoms with Gasteiger partial charge in [0.25, 0.3) is 0 Å². The van der Waals surface area contributed by atoms with Crippen molar-refractivity contribution in [1.82, 2.24) is 0 Å². The van der Waals surface area contributed by atoms with Crippen LogP contribution in [0, 0.1) is 6.92 Å². The molecule has 1 aliphatic heterocycles. The molecule has 0 fully saturated rings. The summed E-state index contributed by atoms with van der Waals surface area (Å²) in [6, 6.07) is 7.30. The largest absolute Gasteiger partial charge is 0.369 e. The van der Waals surface area contributed by atoms with Crippen molar-refractivity contribution in [3.05, 3.63) is 29.3 Å². The van der Waals surface area contributed by atoms with E-state index in [9.17, 15) is 0 Å². The van der Waals surface area contributed by atoms with Crippen LogP contribution >= 0.6 is 0 Å². The van der Waals surface area contributed by atoms with E-state index in [2.05, 4.69) is 43.9 Å². The summed E-state index contributed by atoms with van der Waals surface area (Å²) in [5.41, 5.74) is 4.45. The Morgan fingerprint density at radius 1 is 1.29 bits per heavy atom. The van der Waals surface area contributed by atoms with E-state index in [-0.39, 0.29) is 0 Å². The number of benzene rings is 1. The molecule has 1 heterocycles. The minimum absolute atomic E-state index is 0.621. The van der Waals surface area contributed by atoms with Crippen LogP contribution in [-0.4, -0.2) is 12.6 Å². The zero-order valence-electron chi connectivity index (χ0n) is 9.38. The Morgan fingerprint density at radius 2 is 2.07 bits per heavy atom. The first-order chi connectivity index (χ1) is 6.70. The normalized spacial score (nSPS) is 15.9. The zero-order valence-corrected chi connectivity index (χ0v) is 9.38. The number of para-hydroxylation sites is 1. The number of hydrogen-bond donors (Lipinski definition) is 0. The quantitative estimate of drug-likeness (QED) is 0.656. The van der Waals surface area contributed by atoms with E-state index in [0.29, 0.717) is 6.04 Å². The van der Waals surface area contributed by atoms with Crippen molar-refractivity contribution in [2.45, 2.75) is 39.7 Å². The Hall–Kier alpha value is -0.980. The average Bonchev–Trinajstić information content (AvgIpc) is 2.17. The maximum absolute atomic E-state index is 2.54. The Balaban J connectivity index is 2.47. The molecule has 0 bridgehead atoms. The molecule has 1 nitrogen and oxygen atoms in total. The Labute approximate surface area is 86.7 Å². The highest BCUT2D eigenvalue weighted by Crippen LogP contribution is 2.31. The first-order valence-electron chi connectivity index (χ1n) is 5.55. The summed E-state index contributed by atoms with van der Waals surface area (Å²) >= 11 is 0. The van der Waals surface area contributed by atoms with Gasteiger partial charge in [-0.05, 0) is 44.7 Å². The molecule has 0 saturated heterocycles. The topological polar surface area (TPSA) is 3.24 Å². The van der Waals surface area contributed by atoms with Gasteiger partial charge in [0.15, 0.2) is 0 Å². The summed E-state index contributed by atoms with van der Waals surface area (Å²) in [5.74, 6) is 0. The zero-order chi connectivity index (χ0) is 10.1. The third kappa shape index (κ3) is 1.52. The van der Waals surface area contributed by atoms with Gasteiger partial charge in [0, 0.05) is 18.3 Å². The smallest absolute Gasteiger partial charge is 0.0430 e. The van der Waals surface area contributed by atoms with Crippen molar-refractivity contribution in [2.75, 3.05) is 11.4 Å². The highest BCUT2D eigenvalue weighted by molar-refractivity contribution is 5.61. The number of aryl methyl sites for hydroxylation is 2. The second kappa shape index (κ2) is 3.64. The van der Waals surface area contributed by atoms with E-state index in [0.717, 1.165) is 0 Å². The molecule has 1 aliphatic rings. The van der Waals surface area contributed by atoms with Crippen LogP contribution in [-0.2, 0) is 6.42 Å². The summed E-state index contributed by atoms with van der Waals surface area (Å²) in [6.45, 7) is 8.00. The van der Waals surface area contributed by atoms with Gasteiger partial charge in [0.1, 0.15) is 0 Å². The first kappa shape index (κ1) is 9.57. The molecule has 0 atom stereocenters. The van der Waals surface area contributed by atoms with Crippen molar-refractivity contribution in [1.29, 1.82) is 0 Å². The summed E-state index contributed by atoms with van der Waals surface area (Å²) in [4.78, 5) is 2.54. The monoisotopic (exact) mass is 189 g/mol. The molecule has 1 aromatic rings. The molecule has 0 amide bonds. The lowest BCUT2D eigenvalue weighted by molar-refractivity contribution is 0.623. The van der Waals surface area contributed by atoms with E-state index < -0.39 is 0 Å². The third-order valence-corrected chi connectivity index (χ3v) is 3.08. The minimum Gasteiger partial charge on any atom is -0.369 e. The molecular weight excluding hydrogens is 170 g/mol. The summed E-state index contributed by atoms with van der Waals surface area (Å²) in [5, 5.41) is 0. The van der Waals surface area contributed by atoms with Crippen LogP contribution in [0.4, 0.5) is 5.69 Å². The molecular formula is C13H19N.